The molecule has 0 fully saturated rings. The van der Waals surface area contributed by atoms with Crippen LogP contribution in [0.3, 0.4) is 0 Å². The predicted molar refractivity (Wildman–Crippen MR) is 94.2 cm³/mol. The fourth-order valence-corrected chi connectivity index (χ4v) is 2.64. The molecule has 0 rings (SSSR count). The number of hydrogen-bond donors (Lipinski definition) is 2. The molecule has 0 saturated heterocycles. The summed E-state index contributed by atoms with van der Waals surface area (Å²) in [4.78, 5) is 11.8. The minimum Gasteiger partial charge on any atom is -0.444 e. The first-order valence-corrected chi connectivity index (χ1v) is 8.90. The number of nitrogens with one attached hydrogen (secondary N) is 2. The quantitative estimate of drug-likeness (QED) is 0.625. The Kier molecular flexibility index (Phi) is 10.5. The second-order valence-electron chi connectivity index (χ2n) is 7.65. The molecule has 1 amide bonds. The number of carbonyl (C=O) groups excluding carboxylic acids is 1. The van der Waals surface area contributed by atoms with E-state index in [0.717, 1.165) is 6.42 Å². The molecule has 2 N–H and O–H groups in total. The minimum atomic E-state index is -0.446. The number of carbonyl (C=O) groups is 1. The smallest absolute Gasteiger partial charge is 0.407 e. The average molecular weight is 315 g/mol. The molecule has 4 nitrogen and oxygen atoms in total. The normalized spacial score (nSPS) is 13.5. The van der Waals surface area contributed by atoms with Crippen LogP contribution < -0.4 is 10.6 Å². The molecule has 22 heavy (non-hydrogen) atoms. The molecule has 0 aromatic carbocycles. The molecule has 4 heteroatoms. The van der Waals surface area contributed by atoms with E-state index in [0.29, 0.717) is 24.5 Å². The Morgan fingerprint density at radius 1 is 1.05 bits per heavy atom. The van der Waals surface area contributed by atoms with Crippen molar-refractivity contribution in [3.8, 4) is 0 Å². The summed E-state index contributed by atoms with van der Waals surface area (Å²) in [7, 11) is 0. The van der Waals surface area contributed by atoms with Crippen LogP contribution in [-0.2, 0) is 4.74 Å². The molecule has 0 spiro atoms. The van der Waals surface area contributed by atoms with Gasteiger partial charge in [-0.3, -0.25) is 0 Å². The average Bonchev–Trinajstić information content (AvgIpc) is 2.34. The van der Waals surface area contributed by atoms with E-state index >= 15 is 0 Å². The molecule has 0 aliphatic heterocycles. The van der Waals surface area contributed by atoms with Crippen LogP contribution in [0.15, 0.2) is 0 Å². The van der Waals surface area contributed by atoms with Crippen molar-refractivity contribution in [1.29, 1.82) is 0 Å². The highest BCUT2D eigenvalue weighted by Crippen LogP contribution is 2.11. The van der Waals surface area contributed by atoms with Gasteiger partial charge in [0.2, 0.25) is 0 Å². The van der Waals surface area contributed by atoms with Crippen molar-refractivity contribution in [1.82, 2.24) is 10.6 Å². The van der Waals surface area contributed by atoms with E-state index in [4.69, 9.17) is 4.74 Å². The molecular weight excluding hydrogens is 276 g/mol. The van der Waals surface area contributed by atoms with Crippen molar-refractivity contribution in [2.45, 2.75) is 98.3 Å². The molecule has 1 unspecified atom stereocenters. The summed E-state index contributed by atoms with van der Waals surface area (Å²) in [5.74, 6) is 0.599. The van der Waals surface area contributed by atoms with E-state index in [1.165, 1.54) is 25.7 Å². The second-order valence-corrected chi connectivity index (χ2v) is 7.65. The zero-order valence-corrected chi connectivity index (χ0v) is 15.8. The Morgan fingerprint density at radius 2 is 1.59 bits per heavy atom. The Hall–Kier alpha value is -0.770. The fourth-order valence-electron chi connectivity index (χ4n) is 2.64. The molecule has 1 atom stereocenters. The van der Waals surface area contributed by atoms with Gasteiger partial charge in [-0.1, -0.05) is 40.5 Å². The lowest BCUT2D eigenvalue weighted by molar-refractivity contribution is 0.0519. The summed E-state index contributed by atoms with van der Waals surface area (Å²) in [6.45, 7) is 15.2. The summed E-state index contributed by atoms with van der Waals surface area (Å²) in [6, 6.07) is 0.842. The summed E-state index contributed by atoms with van der Waals surface area (Å²) in [5.41, 5.74) is -0.446. The Balaban J connectivity index is 4.46. The van der Waals surface area contributed by atoms with E-state index in [-0.39, 0.29) is 6.09 Å². The van der Waals surface area contributed by atoms with Gasteiger partial charge in [0.1, 0.15) is 5.60 Å². The summed E-state index contributed by atoms with van der Waals surface area (Å²) in [5, 5.41) is 6.65. The van der Waals surface area contributed by atoms with Crippen LogP contribution in [0.1, 0.15) is 80.6 Å². The van der Waals surface area contributed by atoms with Gasteiger partial charge in [-0.15, -0.1) is 0 Å². The molecule has 0 aliphatic carbocycles. The first-order valence-electron chi connectivity index (χ1n) is 8.90. The Morgan fingerprint density at radius 3 is 2.00 bits per heavy atom. The van der Waals surface area contributed by atoms with Gasteiger partial charge in [0.15, 0.2) is 0 Å². The lowest BCUT2D eigenvalue weighted by Crippen LogP contribution is -2.47. The van der Waals surface area contributed by atoms with Gasteiger partial charge in [-0.05, 0) is 46.0 Å². The molecule has 0 aliphatic rings. The topological polar surface area (TPSA) is 50.4 Å². The highest BCUT2D eigenvalue weighted by molar-refractivity contribution is 5.67. The van der Waals surface area contributed by atoms with Crippen molar-refractivity contribution in [2.24, 2.45) is 5.92 Å². The van der Waals surface area contributed by atoms with Gasteiger partial charge >= 0.3 is 6.09 Å². The van der Waals surface area contributed by atoms with Gasteiger partial charge in [-0.25, -0.2) is 4.79 Å². The van der Waals surface area contributed by atoms with Crippen molar-refractivity contribution < 1.29 is 9.53 Å². The zero-order valence-electron chi connectivity index (χ0n) is 15.8. The third-order valence-electron chi connectivity index (χ3n) is 3.39. The van der Waals surface area contributed by atoms with E-state index in [2.05, 4.69) is 38.3 Å². The molecule has 0 saturated carbocycles. The molecule has 0 aromatic rings. The minimum absolute atomic E-state index is 0.301. The lowest BCUT2D eigenvalue weighted by atomic mass is 10.00. The molecule has 0 bridgehead atoms. The largest absolute Gasteiger partial charge is 0.444 e. The van der Waals surface area contributed by atoms with E-state index in [9.17, 15) is 4.79 Å². The van der Waals surface area contributed by atoms with Gasteiger partial charge in [0.25, 0.3) is 0 Å². The first kappa shape index (κ1) is 21.2. The number of amides is 1. The van der Waals surface area contributed by atoms with Crippen LogP contribution in [0.2, 0.25) is 0 Å². The van der Waals surface area contributed by atoms with Gasteiger partial charge in [-0.2, -0.15) is 0 Å². The number of ether oxygens (including phenoxy) is 1. The summed E-state index contributed by atoms with van der Waals surface area (Å²) >= 11 is 0. The zero-order chi connectivity index (χ0) is 17.2. The number of alkyl carbamates (subject to hydrolysis) is 1. The molecule has 132 valence electrons. The van der Waals surface area contributed by atoms with Crippen LogP contribution in [0.4, 0.5) is 4.79 Å². The fraction of sp³-hybridized carbons (Fsp3) is 0.944. The summed E-state index contributed by atoms with van der Waals surface area (Å²) < 4.78 is 5.32. The molecule has 0 radical (unpaired) electrons. The monoisotopic (exact) mass is 314 g/mol. The van der Waals surface area contributed by atoms with Crippen LogP contribution in [-0.4, -0.2) is 30.3 Å². The van der Waals surface area contributed by atoms with Crippen molar-refractivity contribution in [3.63, 3.8) is 0 Å². The van der Waals surface area contributed by atoms with Gasteiger partial charge in [0.05, 0.1) is 0 Å². The SMILES string of the molecule is CCCC(CCC)NC(CNC(=O)OC(C)(C)C)CC(C)C. The molecular formula is C18H38N2O2. The maximum Gasteiger partial charge on any atom is 0.407 e. The van der Waals surface area contributed by atoms with Crippen LogP contribution >= 0.6 is 0 Å². The van der Waals surface area contributed by atoms with Gasteiger partial charge in [0, 0.05) is 18.6 Å². The predicted octanol–water partition coefficient (Wildman–Crippen LogP) is 4.48. The number of rotatable bonds is 10. The second kappa shape index (κ2) is 10.9. The lowest BCUT2D eigenvalue weighted by Gasteiger charge is -2.28. The maximum atomic E-state index is 11.8. The molecule has 0 heterocycles. The maximum absolute atomic E-state index is 11.8. The highest BCUT2D eigenvalue weighted by atomic mass is 16.6. The third-order valence-corrected chi connectivity index (χ3v) is 3.39. The van der Waals surface area contributed by atoms with E-state index in [1.54, 1.807) is 0 Å². The van der Waals surface area contributed by atoms with Crippen molar-refractivity contribution in [2.75, 3.05) is 6.54 Å². The summed E-state index contributed by atoms with van der Waals surface area (Å²) in [6.07, 6.45) is 5.48. The van der Waals surface area contributed by atoms with Crippen LogP contribution in [0.25, 0.3) is 0 Å². The third kappa shape index (κ3) is 11.8. The standard InChI is InChI=1S/C18H38N2O2/c1-8-10-15(11-9-2)20-16(12-14(3)4)13-19-17(21)22-18(5,6)7/h14-16,20H,8-13H2,1-7H3,(H,19,21). The van der Waals surface area contributed by atoms with Gasteiger partial charge < -0.3 is 15.4 Å². The Bertz CT molecular complexity index is 292. The first-order chi connectivity index (χ1) is 10.2. The Labute approximate surface area is 137 Å². The van der Waals surface area contributed by atoms with Crippen LogP contribution in [0, 0.1) is 5.92 Å². The number of hydrogen-bond acceptors (Lipinski definition) is 3. The highest BCUT2D eigenvalue weighted by Gasteiger charge is 2.19. The van der Waals surface area contributed by atoms with E-state index < -0.39 is 5.60 Å². The van der Waals surface area contributed by atoms with Crippen molar-refractivity contribution >= 4 is 6.09 Å². The van der Waals surface area contributed by atoms with E-state index in [1.807, 2.05) is 20.8 Å². The molecule has 0 aromatic heterocycles. The van der Waals surface area contributed by atoms with Crippen molar-refractivity contribution in [3.05, 3.63) is 0 Å². The van der Waals surface area contributed by atoms with Crippen LogP contribution in [0.5, 0.6) is 0 Å².